The summed E-state index contributed by atoms with van der Waals surface area (Å²) in [4.78, 5) is 46.3. The summed E-state index contributed by atoms with van der Waals surface area (Å²) in [5.74, 6) is 2.06. The number of amides is 3. The van der Waals surface area contributed by atoms with Crippen LogP contribution in [-0.4, -0.2) is 77.4 Å². The number of benzene rings is 1. The third-order valence-corrected chi connectivity index (χ3v) is 10.2. The number of carbonyl (C=O) groups excluding carboxylic acids is 3. The quantitative estimate of drug-likeness (QED) is 0.254. The van der Waals surface area contributed by atoms with Gasteiger partial charge in [0.15, 0.2) is 0 Å². The van der Waals surface area contributed by atoms with E-state index in [1.165, 1.54) is 30.6 Å². The number of thiazole rings is 1. The summed E-state index contributed by atoms with van der Waals surface area (Å²) in [6.45, 7) is 8.79. The van der Waals surface area contributed by atoms with Crippen LogP contribution in [-0.2, 0) is 20.8 Å². The normalized spacial score (nSPS) is 17.9. The lowest BCUT2D eigenvalue weighted by Crippen LogP contribution is -2.53. The summed E-state index contributed by atoms with van der Waals surface area (Å²) in [5.41, 5.74) is 1.37. The Hall–Kier alpha value is -2.14. The second kappa shape index (κ2) is 16.6. The first-order valence-corrected chi connectivity index (χ1v) is 17.6. The Morgan fingerprint density at radius 1 is 1.14 bits per heavy atom. The maximum absolute atomic E-state index is 13.7. The highest BCUT2D eigenvalue weighted by Gasteiger charge is 2.27. The van der Waals surface area contributed by atoms with Gasteiger partial charge in [-0.2, -0.15) is 11.8 Å². The maximum Gasteiger partial charge on any atom is 0.247 e. The van der Waals surface area contributed by atoms with Crippen molar-refractivity contribution in [3.63, 3.8) is 0 Å². The smallest absolute Gasteiger partial charge is 0.247 e. The highest BCUT2D eigenvalue weighted by molar-refractivity contribution is 7.99. The van der Waals surface area contributed by atoms with Crippen LogP contribution in [0.4, 0.5) is 0 Å². The molecule has 0 radical (unpaired) electrons. The zero-order chi connectivity index (χ0) is 29.9. The number of hydrogen-bond donors (Lipinski definition) is 3. The number of carbonyl (C=O) groups is 3. The van der Waals surface area contributed by atoms with Crippen molar-refractivity contribution in [3.05, 3.63) is 40.4 Å². The molecule has 1 saturated carbocycles. The molecule has 2 fully saturated rings. The van der Waals surface area contributed by atoms with Gasteiger partial charge in [0, 0.05) is 67.2 Å². The Labute approximate surface area is 262 Å². The molecule has 0 unspecified atom stereocenters. The number of aromatic nitrogens is 1. The average Bonchev–Trinajstić information content (AvgIpc) is 3.38. The lowest BCUT2D eigenvalue weighted by atomic mass is 9.84. The Morgan fingerprint density at radius 3 is 2.64 bits per heavy atom. The van der Waals surface area contributed by atoms with E-state index in [0.717, 1.165) is 59.1 Å². The molecule has 42 heavy (non-hydrogen) atoms. The molecule has 1 aromatic carbocycles. The van der Waals surface area contributed by atoms with E-state index in [1.54, 1.807) is 6.07 Å². The summed E-state index contributed by atoms with van der Waals surface area (Å²) in [7, 11) is 0. The van der Waals surface area contributed by atoms with Crippen LogP contribution in [0.1, 0.15) is 63.3 Å². The fourth-order valence-corrected chi connectivity index (χ4v) is 7.94. The number of fused-ring (bicyclic) bond motifs is 1. The van der Waals surface area contributed by atoms with Gasteiger partial charge in [0.1, 0.15) is 6.04 Å². The minimum atomic E-state index is -0.767. The van der Waals surface area contributed by atoms with Crippen molar-refractivity contribution in [3.8, 4) is 0 Å². The zero-order valence-electron chi connectivity index (χ0n) is 24.6. The second-order valence-corrected chi connectivity index (χ2v) is 14.2. The third-order valence-electron chi connectivity index (χ3n) is 7.94. The van der Waals surface area contributed by atoms with Gasteiger partial charge in [0.2, 0.25) is 17.7 Å². The molecule has 1 aromatic heterocycles. The molecular weight excluding hydrogens is 590 g/mol. The molecular formula is C31H44ClN5O3S2. The van der Waals surface area contributed by atoms with Crippen molar-refractivity contribution < 1.29 is 14.4 Å². The topological polar surface area (TPSA) is 103 Å². The van der Waals surface area contributed by atoms with E-state index in [9.17, 15) is 14.4 Å². The van der Waals surface area contributed by atoms with Gasteiger partial charge in [-0.25, -0.2) is 4.98 Å². The molecule has 3 amide bonds. The molecule has 8 nitrogen and oxygen atoms in total. The van der Waals surface area contributed by atoms with Gasteiger partial charge in [-0.15, -0.1) is 11.3 Å². The van der Waals surface area contributed by atoms with Crippen molar-refractivity contribution in [1.82, 2.24) is 25.8 Å². The van der Waals surface area contributed by atoms with E-state index >= 15 is 0 Å². The van der Waals surface area contributed by atoms with Crippen molar-refractivity contribution >= 4 is 62.6 Å². The molecule has 2 atom stereocenters. The highest BCUT2D eigenvalue weighted by atomic mass is 35.5. The molecule has 3 N–H and O–H groups in total. The van der Waals surface area contributed by atoms with Crippen LogP contribution in [0.25, 0.3) is 10.2 Å². The molecule has 11 heteroatoms. The predicted molar refractivity (Wildman–Crippen MR) is 174 cm³/mol. The predicted octanol–water partition coefficient (Wildman–Crippen LogP) is 4.95. The van der Waals surface area contributed by atoms with Crippen LogP contribution in [0.2, 0.25) is 5.02 Å². The molecule has 2 aromatic rings. The summed E-state index contributed by atoms with van der Waals surface area (Å²) in [6.07, 6.45) is 8.01. The number of halogens is 1. The van der Waals surface area contributed by atoms with Gasteiger partial charge in [0.05, 0.1) is 15.2 Å². The van der Waals surface area contributed by atoms with Crippen molar-refractivity contribution in [2.24, 2.45) is 5.92 Å². The third kappa shape index (κ3) is 10.2. The van der Waals surface area contributed by atoms with E-state index in [2.05, 4.69) is 32.4 Å². The summed E-state index contributed by atoms with van der Waals surface area (Å²) in [5, 5.41) is 10.6. The molecule has 1 aliphatic heterocycles. The van der Waals surface area contributed by atoms with Crippen LogP contribution in [0.5, 0.6) is 0 Å². The fourth-order valence-electron chi connectivity index (χ4n) is 5.67. The minimum absolute atomic E-state index is 0.161. The monoisotopic (exact) mass is 633 g/mol. The van der Waals surface area contributed by atoms with Crippen LogP contribution >= 0.6 is 34.7 Å². The summed E-state index contributed by atoms with van der Waals surface area (Å²) < 4.78 is 0.943. The van der Waals surface area contributed by atoms with E-state index in [0.29, 0.717) is 42.4 Å². The Kier molecular flexibility index (Phi) is 13.0. The molecule has 4 rings (SSSR count). The molecule has 1 aliphatic carbocycles. The molecule has 1 saturated heterocycles. The largest absolute Gasteiger partial charge is 0.350 e. The lowest BCUT2D eigenvalue weighted by Gasteiger charge is -2.29. The van der Waals surface area contributed by atoms with Crippen molar-refractivity contribution in [2.45, 2.75) is 76.8 Å². The standard InChI is InChI=1S/C31H44ClN5O3S2/c1-3-7-28(38)35-26(18-29-36-25-11-10-23(32)17-27(25)42-29)31(40)34-24(16-22-8-5-4-6-9-22)19-33-30(39)21(2)20-37-12-14-41-15-13-37/h10-11,17,22,24,26H,2-9,12-16,18-20H2,1H3,(H,33,39)(H,34,40)(H,35,38)/t24-,26-/m0/s1. The number of nitrogens with one attached hydrogen (secondary N) is 3. The molecule has 0 spiro atoms. The number of rotatable bonds is 14. The molecule has 230 valence electrons. The first-order valence-electron chi connectivity index (χ1n) is 15.2. The van der Waals surface area contributed by atoms with Crippen LogP contribution < -0.4 is 16.0 Å². The number of nitrogens with zero attached hydrogens (tertiary/aromatic N) is 2. The number of thioether (sulfide) groups is 1. The van der Waals surface area contributed by atoms with Gasteiger partial charge >= 0.3 is 0 Å². The molecule has 0 bridgehead atoms. The summed E-state index contributed by atoms with van der Waals surface area (Å²) >= 11 is 9.58. The van der Waals surface area contributed by atoms with Crippen LogP contribution in [0.15, 0.2) is 30.4 Å². The van der Waals surface area contributed by atoms with Crippen LogP contribution in [0.3, 0.4) is 0 Å². The number of hydrogen-bond acceptors (Lipinski definition) is 7. The highest BCUT2D eigenvalue weighted by Crippen LogP contribution is 2.28. The van der Waals surface area contributed by atoms with Crippen molar-refractivity contribution in [1.29, 1.82) is 0 Å². The summed E-state index contributed by atoms with van der Waals surface area (Å²) in [6, 6.07) is 4.51. The van der Waals surface area contributed by atoms with Crippen molar-refractivity contribution in [2.75, 3.05) is 37.7 Å². The van der Waals surface area contributed by atoms with Crippen LogP contribution in [0, 0.1) is 5.92 Å². The first-order chi connectivity index (χ1) is 20.3. The van der Waals surface area contributed by atoms with Gasteiger partial charge in [-0.05, 0) is 37.0 Å². The van der Waals surface area contributed by atoms with E-state index < -0.39 is 6.04 Å². The van der Waals surface area contributed by atoms with Gasteiger partial charge in [-0.1, -0.05) is 57.2 Å². The zero-order valence-corrected chi connectivity index (χ0v) is 27.0. The van der Waals surface area contributed by atoms with Gasteiger partial charge in [0.25, 0.3) is 0 Å². The first kappa shape index (κ1) is 32.8. The van der Waals surface area contributed by atoms with E-state index in [1.807, 2.05) is 30.8 Å². The molecule has 2 aliphatic rings. The SMILES string of the molecule is C=C(CN1CCSCC1)C(=O)NC[C@H](CC1CCCCC1)NC(=O)[C@H](Cc1nc2ccc(Cl)cc2s1)NC(=O)CCC. The average molecular weight is 634 g/mol. The maximum atomic E-state index is 13.7. The van der Waals surface area contributed by atoms with Gasteiger partial charge < -0.3 is 16.0 Å². The van der Waals surface area contributed by atoms with E-state index in [-0.39, 0.29) is 30.2 Å². The molecule has 2 heterocycles. The van der Waals surface area contributed by atoms with Gasteiger partial charge in [-0.3, -0.25) is 19.3 Å². The fraction of sp³-hybridized carbons (Fsp3) is 0.613. The van der Waals surface area contributed by atoms with E-state index in [4.69, 9.17) is 11.6 Å². The second-order valence-electron chi connectivity index (χ2n) is 11.4. The lowest BCUT2D eigenvalue weighted by molar-refractivity contribution is -0.129. The Bertz CT molecular complexity index is 1230. The Balaban J connectivity index is 1.43. The minimum Gasteiger partial charge on any atom is -0.350 e. The Morgan fingerprint density at radius 2 is 1.90 bits per heavy atom.